The fraction of sp³-hybridized carbons (Fsp3) is 0.375. The average Bonchev–Trinajstić information content (AvgIpc) is 3.23. The van der Waals surface area contributed by atoms with Crippen LogP contribution in [0.3, 0.4) is 0 Å². The molecular formula is C32H36N2O4. The van der Waals surface area contributed by atoms with Gasteiger partial charge in [0.15, 0.2) is 0 Å². The van der Waals surface area contributed by atoms with E-state index in [-0.39, 0.29) is 11.9 Å². The number of carbonyl (C=O) groups excluding carboxylic acids is 2. The standard InChI is InChI=1S/C32H36N2O4/c1-3-34(4-2)30(35)25-15-13-24(14-16-25)23-26-9-5-8-12-29(26)37-22-21-33-19-17-32(18-20-33)28-11-7-6-10-27(28)31(36)38-32/h5-16H,3-4,17-23H2,1-2H3. The quantitative estimate of drug-likeness (QED) is 0.364. The molecule has 0 bridgehead atoms. The van der Waals surface area contributed by atoms with Gasteiger partial charge >= 0.3 is 5.97 Å². The molecule has 0 radical (unpaired) electrons. The van der Waals surface area contributed by atoms with E-state index in [0.29, 0.717) is 25.3 Å². The summed E-state index contributed by atoms with van der Waals surface area (Å²) in [6.45, 7) is 8.57. The van der Waals surface area contributed by atoms with Crippen molar-refractivity contribution >= 4 is 11.9 Å². The summed E-state index contributed by atoms with van der Waals surface area (Å²) >= 11 is 0. The molecule has 6 nitrogen and oxygen atoms in total. The molecule has 0 aliphatic carbocycles. The molecule has 1 fully saturated rings. The number of esters is 1. The number of amides is 1. The van der Waals surface area contributed by atoms with Gasteiger partial charge in [-0.25, -0.2) is 4.79 Å². The van der Waals surface area contributed by atoms with Crippen LogP contribution in [0.4, 0.5) is 0 Å². The molecule has 198 valence electrons. The van der Waals surface area contributed by atoms with Crippen molar-refractivity contribution in [3.63, 3.8) is 0 Å². The van der Waals surface area contributed by atoms with Crippen LogP contribution >= 0.6 is 0 Å². The lowest BCUT2D eigenvalue weighted by Gasteiger charge is -2.38. The number of fused-ring (bicyclic) bond motifs is 2. The van der Waals surface area contributed by atoms with Crippen molar-refractivity contribution in [1.29, 1.82) is 0 Å². The molecular weight excluding hydrogens is 476 g/mol. The van der Waals surface area contributed by atoms with Gasteiger partial charge in [-0.2, -0.15) is 0 Å². The van der Waals surface area contributed by atoms with E-state index >= 15 is 0 Å². The molecule has 0 saturated carbocycles. The first kappa shape index (κ1) is 26.0. The Morgan fingerprint density at radius 3 is 2.37 bits per heavy atom. The summed E-state index contributed by atoms with van der Waals surface area (Å²) in [5.41, 5.74) is 4.28. The molecule has 6 heteroatoms. The highest BCUT2D eigenvalue weighted by molar-refractivity contribution is 5.95. The van der Waals surface area contributed by atoms with E-state index in [0.717, 1.165) is 66.9 Å². The Morgan fingerprint density at radius 1 is 0.947 bits per heavy atom. The summed E-state index contributed by atoms with van der Waals surface area (Å²) in [5, 5.41) is 0. The summed E-state index contributed by atoms with van der Waals surface area (Å²) in [6, 6.07) is 23.8. The van der Waals surface area contributed by atoms with Gasteiger partial charge in [0.25, 0.3) is 5.91 Å². The summed E-state index contributed by atoms with van der Waals surface area (Å²) < 4.78 is 12.1. The second-order valence-electron chi connectivity index (χ2n) is 10.1. The Balaban J connectivity index is 1.14. The third-order valence-corrected chi connectivity index (χ3v) is 7.87. The van der Waals surface area contributed by atoms with E-state index in [4.69, 9.17) is 9.47 Å². The molecule has 0 N–H and O–H groups in total. The van der Waals surface area contributed by atoms with Gasteiger partial charge in [-0.3, -0.25) is 9.69 Å². The lowest BCUT2D eigenvalue weighted by atomic mass is 9.84. The third kappa shape index (κ3) is 5.32. The topological polar surface area (TPSA) is 59.1 Å². The number of nitrogens with zero attached hydrogens (tertiary/aromatic N) is 2. The van der Waals surface area contributed by atoms with Crippen molar-refractivity contribution in [2.24, 2.45) is 0 Å². The minimum absolute atomic E-state index is 0.0734. The fourth-order valence-electron chi connectivity index (χ4n) is 5.61. The number of rotatable bonds is 9. The van der Waals surface area contributed by atoms with Gasteiger partial charge in [-0.15, -0.1) is 0 Å². The molecule has 0 atom stereocenters. The maximum Gasteiger partial charge on any atom is 0.339 e. The largest absolute Gasteiger partial charge is 0.492 e. The number of carbonyl (C=O) groups is 2. The molecule has 2 aliphatic rings. The predicted octanol–water partition coefficient (Wildman–Crippen LogP) is 5.30. The number of likely N-dealkylation sites (tertiary alicyclic amines) is 1. The molecule has 3 aromatic carbocycles. The zero-order valence-electron chi connectivity index (χ0n) is 22.3. The Morgan fingerprint density at radius 2 is 1.63 bits per heavy atom. The van der Waals surface area contributed by atoms with Crippen LogP contribution in [0.2, 0.25) is 0 Å². The molecule has 2 heterocycles. The molecule has 1 saturated heterocycles. The molecule has 5 rings (SSSR count). The van der Waals surface area contributed by atoms with Gasteiger partial charge in [0.2, 0.25) is 0 Å². The van der Waals surface area contributed by atoms with Gasteiger partial charge in [0.05, 0.1) is 5.56 Å². The zero-order valence-corrected chi connectivity index (χ0v) is 22.3. The Labute approximate surface area is 225 Å². The number of para-hydroxylation sites is 1. The van der Waals surface area contributed by atoms with Crippen molar-refractivity contribution in [3.8, 4) is 5.75 Å². The highest BCUT2D eigenvalue weighted by atomic mass is 16.6. The maximum atomic E-state index is 12.6. The molecule has 0 unspecified atom stereocenters. The second-order valence-corrected chi connectivity index (χ2v) is 10.1. The molecule has 3 aromatic rings. The van der Waals surface area contributed by atoms with Crippen LogP contribution in [0.1, 0.15) is 64.1 Å². The smallest absolute Gasteiger partial charge is 0.339 e. The van der Waals surface area contributed by atoms with Crippen LogP contribution < -0.4 is 4.74 Å². The van der Waals surface area contributed by atoms with Gasteiger partial charge in [-0.1, -0.05) is 48.5 Å². The monoisotopic (exact) mass is 512 g/mol. The first-order valence-electron chi connectivity index (χ1n) is 13.7. The summed E-state index contributed by atoms with van der Waals surface area (Å²) in [4.78, 5) is 29.2. The van der Waals surface area contributed by atoms with Gasteiger partial charge in [-0.05, 0) is 49.2 Å². The van der Waals surface area contributed by atoms with Crippen molar-refractivity contribution < 1.29 is 19.1 Å². The van der Waals surface area contributed by atoms with E-state index in [1.54, 1.807) is 0 Å². The lowest BCUT2D eigenvalue weighted by molar-refractivity contribution is -0.0440. The molecule has 1 amide bonds. The second kappa shape index (κ2) is 11.4. The van der Waals surface area contributed by atoms with E-state index in [9.17, 15) is 9.59 Å². The molecule has 38 heavy (non-hydrogen) atoms. The SMILES string of the molecule is CCN(CC)C(=O)c1ccc(Cc2ccccc2OCCN2CCC3(CC2)OC(=O)c2ccccc23)cc1. The van der Waals surface area contributed by atoms with E-state index in [1.165, 1.54) is 0 Å². The summed E-state index contributed by atoms with van der Waals surface area (Å²) in [5.74, 6) is 0.770. The Kier molecular flexibility index (Phi) is 7.79. The average molecular weight is 513 g/mol. The number of hydrogen-bond acceptors (Lipinski definition) is 5. The highest BCUT2D eigenvalue weighted by Gasteiger charge is 2.46. The summed E-state index contributed by atoms with van der Waals surface area (Å²) in [6.07, 6.45) is 2.35. The van der Waals surface area contributed by atoms with Crippen molar-refractivity contribution in [2.75, 3.05) is 39.3 Å². The number of ether oxygens (including phenoxy) is 2. The van der Waals surface area contributed by atoms with Crippen LogP contribution in [0.15, 0.2) is 72.8 Å². The lowest BCUT2D eigenvalue weighted by Crippen LogP contribution is -2.44. The molecule has 1 spiro atoms. The van der Waals surface area contributed by atoms with Crippen LogP contribution in [-0.2, 0) is 16.8 Å². The molecule has 2 aliphatic heterocycles. The number of hydrogen-bond donors (Lipinski definition) is 0. The maximum absolute atomic E-state index is 12.6. The van der Waals surface area contributed by atoms with Crippen LogP contribution in [-0.4, -0.2) is 61.0 Å². The van der Waals surface area contributed by atoms with Gasteiger partial charge in [0.1, 0.15) is 18.0 Å². The Hall–Kier alpha value is -3.64. The zero-order chi connectivity index (χ0) is 26.5. The first-order chi connectivity index (χ1) is 18.5. The first-order valence-corrected chi connectivity index (χ1v) is 13.7. The van der Waals surface area contributed by atoms with Crippen molar-refractivity contribution in [3.05, 3.63) is 101 Å². The number of piperidine rings is 1. The normalized spacial score (nSPS) is 16.2. The summed E-state index contributed by atoms with van der Waals surface area (Å²) in [7, 11) is 0. The van der Waals surface area contributed by atoms with Crippen LogP contribution in [0.5, 0.6) is 5.75 Å². The number of benzene rings is 3. The minimum Gasteiger partial charge on any atom is -0.492 e. The van der Waals surface area contributed by atoms with Crippen molar-refractivity contribution in [1.82, 2.24) is 9.80 Å². The highest BCUT2D eigenvalue weighted by Crippen LogP contribution is 2.43. The molecule has 0 aromatic heterocycles. The van der Waals surface area contributed by atoms with E-state index in [1.807, 2.05) is 85.5 Å². The Bertz CT molecular complexity index is 1270. The van der Waals surface area contributed by atoms with Gasteiger partial charge < -0.3 is 14.4 Å². The van der Waals surface area contributed by atoms with Gasteiger partial charge in [0, 0.05) is 63.1 Å². The van der Waals surface area contributed by atoms with E-state index in [2.05, 4.69) is 11.0 Å². The fourth-order valence-corrected chi connectivity index (χ4v) is 5.61. The predicted molar refractivity (Wildman–Crippen MR) is 148 cm³/mol. The van der Waals surface area contributed by atoms with Crippen LogP contribution in [0.25, 0.3) is 0 Å². The third-order valence-electron chi connectivity index (χ3n) is 7.87. The minimum atomic E-state index is -0.469. The van der Waals surface area contributed by atoms with Crippen molar-refractivity contribution in [2.45, 2.75) is 38.7 Å². The van der Waals surface area contributed by atoms with Crippen LogP contribution in [0, 0.1) is 0 Å². The van der Waals surface area contributed by atoms with E-state index < -0.39 is 5.60 Å².